The van der Waals surface area contributed by atoms with Crippen molar-refractivity contribution in [2.45, 2.75) is 12.5 Å². The van der Waals surface area contributed by atoms with Crippen molar-refractivity contribution in [1.82, 2.24) is 0 Å². The van der Waals surface area contributed by atoms with Crippen molar-refractivity contribution in [2.24, 2.45) is 0 Å². The Labute approximate surface area is 60.7 Å². The molecule has 1 rings (SSSR count). The Hall–Kier alpha value is -1.43. The van der Waals surface area contributed by atoms with Crippen LogP contribution in [0.4, 0.5) is 4.79 Å². The van der Waals surface area contributed by atoms with Crippen molar-refractivity contribution in [2.75, 3.05) is 0 Å². The number of hydrogen-bond acceptors (Lipinski definition) is 6. The molecule has 0 amide bonds. The monoisotopic (exact) mass is 160 g/mol. The molecule has 1 heterocycles. The predicted molar refractivity (Wildman–Crippen MR) is 28.2 cm³/mol. The minimum absolute atomic E-state index is 0.551. The molecule has 1 N–H and O–H groups in total. The van der Waals surface area contributed by atoms with Gasteiger partial charge in [0, 0.05) is 0 Å². The number of esters is 2. The van der Waals surface area contributed by atoms with Crippen LogP contribution in [-0.2, 0) is 19.1 Å². The van der Waals surface area contributed by atoms with E-state index in [0.717, 1.165) is 0 Å². The summed E-state index contributed by atoms with van der Waals surface area (Å²) in [5.74, 6) is -2.14. The quantitative estimate of drug-likeness (QED) is 0.359. The number of ether oxygens (including phenoxy) is 2. The maximum Gasteiger partial charge on any atom is 0.524 e. The highest BCUT2D eigenvalue weighted by molar-refractivity contribution is 5.95. The van der Waals surface area contributed by atoms with Gasteiger partial charge in [0.2, 0.25) is 0 Å². The van der Waals surface area contributed by atoms with E-state index in [2.05, 4.69) is 9.47 Å². The van der Waals surface area contributed by atoms with Gasteiger partial charge in [-0.2, -0.15) is 0 Å². The number of cyclic esters (lactones) is 4. The third-order valence-corrected chi connectivity index (χ3v) is 1.01. The zero-order valence-corrected chi connectivity index (χ0v) is 5.27. The van der Waals surface area contributed by atoms with Crippen LogP contribution in [0.25, 0.3) is 0 Å². The van der Waals surface area contributed by atoms with E-state index < -0.39 is 30.6 Å². The first-order chi connectivity index (χ1) is 5.09. The second-order valence-electron chi connectivity index (χ2n) is 1.87. The summed E-state index contributed by atoms with van der Waals surface area (Å²) in [6.45, 7) is 0. The van der Waals surface area contributed by atoms with E-state index in [1.54, 1.807) is 0 Å². The van der Waals surface area contributed by atoms with E-state index in [1.165, 1.54) is 0 Å². The zero-order chi connectivity index (χ0) is 8.43. The first kappa shape index (κ1) is 7.67. The van der Waals surface area contributed by atoms with Gasteiger partial charge in [0.15, 0.2) is 6.10 Å². The SMILES string of the molecule is O=C1CC(O)C(=O)OC(=O)O1. The molecular weight excluding hydrogens is 156 g/mol. The summed E-state index contributed by atoms with van der Waals surface area (Å²) in [7, 11) is 0. The highest BCUT2D eigenvalue weighted by atomic mass is 16.8. The maximum atomic E-state index is 10.4. The van der Waals surface area contributed by atoms with Crippen LogP contribution in [0.5, 0.6) is 0 Å². The van der Waals surface area contributed by atoms with Gasteiger partial charge < -0.3 is 14.6 Å². The Balaban J connectivity index is 2.74. The van der Waals surface area contributed by atoms with Gasteiger partial charge >= 0.3 is 18.1 Å². The second-order valence-corrected chi connectivity index (χ2v) is 1.87. The summed E-state index contributed by atoms with van der Waals surface area (Å²) in [6, 6.07) is 0. The average Bonchev–Trinajstić information content (AvgIpc) is 1.93. The van der Waals surface area contributed by atoms with E-state index in [9.17, 15) is 14.4 Å². The molecule has 6 nitrogen and oxygen atoms in total. The van der Waals surface area contributed by atoms with Crippen LogP contribution in [0, 0.1) is 0 Å². The molecule has 1 aliphatic heterocycles. The Bertz CT molecular complexity index is 219. The van der Waals surface area contributed by atoms with Crippen LogP contribution in [0.3, 0.4) is 0 Å². The Morgan fingerprint density at radius 3 is 2.55 bits per heavy atom. The van der Waals surface area contributed by atoms with Crippen molar-refractivity contribution in [1.29, 1.82) is 0 Å². The van der Waals surface area contributed by atoms with Crippen molar-refractivity contribution in [3.63, 3.8) is 0 Å². The fourth-order valence-corrected chi connectivity index (χ4v) is 0.547. The van der Waals surface area contributed by atoms with Gasteiger partial charge in [-0.3, -0.25) is 4.79 Å². The molecule has 1 saturated heterocycles. The molecule has 11 heavy (non-hydrogen) atoms. The van der Waals surface area contributed by atoms with Crippen molar-refractivity contribution in [3.05, 3.63) is 0 Å². The van der Waals surface area contributed by atoms with Gasteiger partial charge in [-0.15, -0.1) is 0 Å². The maximum absolute atomic E-state index is 10.4. The molecular formula is C5H4O6. The lowest BCUT2D eigenvalue weighted by atomic mass is 10.3. The molecule has 0 aromatic rings. The highest BCUT2D eigenvalue weighted by Crippen LogP contribution is 2.04. The summed E-state index contributed by atoms with van der Waals surface area (Å²) >= 11 is 0. The first-order valence-electron chi connectivity index (χ1n) is 2.74. The first-order valence-corrected chi connectivity index (χ1v) is 2.74. The average molecular weight is 160 g/mol. The molecule has 0 spiro atoms. The minimum atomic E-state index is -1.60. The third kappa shape index (κ3) is 1.74. The minimum Gasteiger partial charge on any atom is -0.381 e. The largest absolute Gasteiger partial charge is 0.524 e. The number of carbonyl (C=O) groups excluding carboxylic acids is 3. The van der Waals surface area contributed by atoms with Crippen LogP contribution in [0.1, 0.15) is 6.42 Å². The summed E-state index contributed by atoms with van der Waals surface area (Å²) in [4.78, 5) is 31.1. The molecule has 60 valence electrons. The van der Waals surface area contributed by atoms with Gasteiger partial charge in [0.1, 0.15) is 0 Å². The van der Waals surface area contributed by atoms with Crippen LogP contribution in [0.2, 0.25) is 0 Å². The molecule has 1 aliphatic rings. The molecule has 0 bridgehead atoms. The number of carbonyl (C=O) groups is 3. The van der Waals surface area contributed by atoms with Crippen LogP contribution < -0.4 is 0 Å². The summed E-state index contributed by atoms with van der Waals surface area (Å²) in [6.07, 6.45) is -3.55. The Morgan fingerprint density at radius 1 is 1.27 bits per heavy atom. The van der Waals surface area contributed by atoms with Gasteiger partial charge in [-0.1, -0.05) is 0 Å². The molecule has 1 unspecified atom stereocenters. The van der Waals surface area contributed by atoms with Crippen LogP contribution in [0.15, 0.2) is 0 Å². The van der Waals surface area contributed by atoms with Gasteiger partial charge in [-0.25, -0.2) is 9.59 Å². The zero-order valence-electron chi connectivity index (χ0n) is 5.27. The summed E-state index contributed by atoms with van der Waals surface area (Å²) < 4.78 is 7.69. The van der Waals surface area contributed by atoms with Crippen LogP contribution in [-0.4, -0.2) is 29.3 Å². The molecule has 1 fully saturated rings. The number of aliphatic hydroxyl groups excluding tert-OH is 1. The standard InChI is InChI=1S/C5H4O6/c6-2-1-3(7)10-5(9)11-4(2)8/h2,6H,1H2. The van der Waals surface area contributed by atoms with E-state index in [1.807, 2.05) is 0 Å². The Kier molecular flexibility index (Phi) is 1.86. The topological polar surface area (TPSA) is 89.9 Å². The van der Waals surface area contributed by atoms with Gasteiger partial charge in [-0.05, 0) is 0 Å². The van der Waals surface area contributed by atoms with Crippen LogP contribution >= 0.6 is 0 Å². The van der Waals surface area contributed by atoms with E-state index in [-0.39, 0.29) is 0 Å². The van der Waals surface area contributed by atoms with Crippen molar-refractivity contribution in [3.8, 4) is 0 Å². The van der Waals surface area contributed by atoms with Gasteiger partial charge in [0.25, 0.3) is 0 Å². The lowest BCUT2D eigenvalue weighted by Gasteiger charge is -1.97. The van der Waals surface area contributed by atoms with E-state index in [4.69, 9.17) is 5.11 Å². The molecule has 0 aromatic heterocycles. The highest BCUT2D eigenvalue weighted by Gasteiger charge is 2.30. The second kappa shape index (κ2) is 2.67. The van der Waals surface area contributed by atoms with Gasteiger partial charge in [0.05, 0.1) is 6.42 Å². The third-order valence-electron chi connectivity index (χ3n) is 1.01. The van der Waals surface area contributed by atoms with Crippen molar-refractivity contribution >= 4 is 18.1 Å². The lowest BCUT2D eigenvalue weighted by molar-refractivity contribution is -0.146. The predicted octanol–water partition coefficient (Wildman–Crippen LogP) is -1.04. The molecule has 0 saturated carbocycles. The van der Waals surface area contributed by atoms with Crippen molar-refractivity contribution < 1.29 is 29.0 Å². The number of aliphatic hydroxyl groups is 1. The summed E-state index contributed by atoms with van der Waals surface area (Å²) in [5, 5.41) is 8.72. The molecule has 6 heteroatoms. The molecule has 0 aromatic carbocycles. The lowest BCUT2D eigenvalue weighted by Crippen LogP contribution is -2.22. The Morgan fingerprint density at radius 2 is 1.91 bits per heavy atom. The molecule has 1 atom stereocenters. The molecule has 0 radical (unpaired) electrons. The smallest absolute Gasteiger partial charge is 0.381 e. The normalized spacial score (nSPS) is 25.5. The number of hydrogen-bond donors (Lipinski definition) is 1. The van der Waals surface area contributed by atoms with E-state index >= 15 is 0 Å². The number of rotatable bonds is 0. The van der Waals surface area contributed by atoms with E-state index in [0.29, 0.717) is 0 Å². The fourth-order valence-electron chi connectivity index (χ4n) is 0.547. The molecule has 0 aliphatic carbocycles. The summed E-state index contributed by atoms with van der Waals surface area (Å²) in [5.41, 5.74) is 0. The fraction of sp³-hybridized carbons (Fsp3) is 0.400.